The number of aromatic nitrogens is 4. The number of nitrogens with zero attached hydrogens (tertiary/aromatic N) is 4. The van der Waals surface area contributed by atoms with E-state index in [-0.39, 0.29) is 0 Å². The largest absolute Gasteiger partial charge is 0.351 e. The summed E-state index contributed by atoms with van der Waals surface area (Å²) in [6, 6.07) is 3.24. The molecule has 2 aromatic heterocycles. The van der Waals surface area contributed by atoms with Gasteiger partial charge in [0.2, 0.25) is 5.91 Å². The molecule has 0 radical (unpaired) electrons. The quantitative estimate of drug-likeness (QED) is 0.798. The van der Waals surface area contributed by atoms with E-state index in [0.29, 0.717) is 11.2 Å². The molecule has 1 atom stereocenters. The van der Waals surface area contributed by atoms with E-state index < -0.39 is 17.2 Å². The first kappa shape index (κ1) is 15.5. The standard InChI is InChI=1S/C14H16N6O2S/c1-8(12(21)17-13(15)22)23-14-19-18-11(20(14)10-2-3-10)9-4-6-16-7-5-9/h4-8,10H,2-3H2,1H3,(H3,15,17,21,22)/t8-/m0/s1. The summed E-state index contributed by atoms with van der Waals surface area (Å²) < 4.78 is 2.05. The van der Waals surface area contributed by atoms with Gasteiger partial charge < -0.3 is 5.73 Å². The Kier molecular flexibility index (Phi) is 4.28. The number of rotatable bonds is 5. The monoisotopic (exact) mass is 332 g/mol. The molecule has 0 bridgehead atoms. The minimum Gasteiger partial charge on any atom is -0.351 e. The fraction of sp³-hybridized carbons (Fsp3) is 0.357. The number of primary amides is 1. The Hall–Kier alpha value is -2.42. The van der Waals surface area contributed by atoms with Crippen molar-refractivity contribution in [1.29, 1.82) is 0 Å². The summed E-state index contributed by atoms with van der Waals surface area (Å²) in [5.41, 5.74) is 5.90. The molecule has 2 aromatic rings. The molecule has 1 aliphatic carbocycles. The Morgan fingerprint density at radius 1 is 1.35 bits per heavy atom. The van der Waals surface area contributed by atoms with Gasteiger partial charge in [-0.25, -0.2) is 4.79 Å². The third kappa shape index (κ3) is 3.50. The van der Waals surface area contributed by atoms with Gasteiger partial charge in [0.15, 0.2) is 11.0 Å². The lowest BCUT2D eigenvalue weighted by molar-refractivity contribution is -0.119. The summed E-state index contributed by atoms with van der Waals surface area (Å²) in [6.07, 6.45) is 5.53. The highest BCUT2D eigenvalue weighted by atomic mass is 32.2. The van der Waals surface area contributed by atoms with Crippen molar-refractivity contribution in [2.24, 2.45) is 5.73 Å². The number of nitrogens with one attached hydrogen (secondary N) is 1. The van der Waals surface area contributed by atoms with Gasteiger partial charge in [-0.2, -0.15) is 0 Å². The summed E-state index contributed by atoms with van der Waals surface area (Å²) in [4.78, 5) is 26.6. The molecular formula is C14H16N6O2S. The summed E-state index contributed by atoms with van der Waals surface area (Å²) in [5.74, 6) is 0.318. The zero-order chi connectivity index (χ0) is 16.4. The van der Waals surface area contributed by atoms with Crippen molar-refractivity contribution in [1.82, 2.24) is 25.1 Å². The van der Waals surface area contributed by atoms with Gasteiger partial charge in [0, 0.05) is 24.0 Å². The first-order chi connectivity index (χ1) is 11.1. The Morgan fingerprint density at radius 3 is 2.65 bits per heavy atom. The van der Waals surface area contributed by atoms with Crippen LogP contribution in [0.25, 0.3) is 11.4 Å². The maximum Gasteiger partial charge on any atom is 0.318 e. The molecule has 1 fully saturated rings. The number of carbonyl (C=O) groups is 2. The fourth-order valence-corrected chi connectivity index (χ4v) is 3.07. The number of nitrogens with two attached hydrogens (primary N) is 1. The highest BCUT2D eigenvalue weighted by Gasteiger charge is 2.31. The van der Waals surface area contributed by atoms with E-state index in [0.717, 1.165) is 24.2 Å². The molecule has 3 N–H and O–H groups in total. The maximum atomic E-state index is 11.8. The van der Waals surface area contributed by atoms with Gasteiger partial charge in [-0.05, 0) is 31.9 Å². The van der Waals surface area contributed by atoms with Gasteiger partial charge in [0.1, 0.15) is 0 Å². The topological polar surface area (TPSA) is 116 Å². The predicted octanol–water partition coefficient (Wildman–Crippen LogP) is 1.35. The Bertz CT molecular complexity index is 728. The van der Waals surface area contributed by atoms with Gasteiger partial charge in [-0.1, -0.05) is 11.8 Å². The number of pyridine rings is 1. The van der Waals surface area contributed by atoms with E-state index in [1.54, 1.807) is 19.3 Å². The number of urea groups is 1. The molecule has 0 saturated heterocycles. The van der Waals surface area contributed by atoms with Gasteiger partial charge >= 0.3 is 6.03 Å². The van der Waals surface area contributed by atoms with Crippen LogP contribution in [0.15, 0.2) is 29.7 Å². The predicted molar refractivity (Wildman–Crippen MR) is 84.6 cm³/mol. The number of imide groups is 1. The highest BCUT2D eigenvalue weighted by Crippen LogP contribution is 2.41. The average Bonchev–Trinajstić information content (AvgIpc) is 3.28. The Balaban J connectivity index is 1.85. The average molecular weight is 332 g/mol. The Labute approximate surface area is 136 Å². The summed E-state index contributed by atoms with van der Waals surface area (Å²) in [6.45, 7) is 1.70. The molecular weight excluding hydrogens is 316 g/mol. The first-order valence-electron chi connectivity index (χ1n) is 7.18. The second kappa shape index (κ2) is 6.37. The number of carbonyl (C=O) groups excluding carboxylic acids is 2. The van der Waals surface area contributed by atoms with Crippen molar-refractivity contribution >= 4 is 23.7 Å². The molecule has 8 nitrogen and oxygen atoms in total. The van der Waals surface area contributed by atoms with Crippen LogP contribution in [0.1, 0.15) is 25.8 Å². The van der Waals surface area contributed by atoms with Gasteiger partial charge in [0.05, 0.1) is 5.25 Å². The molecule has 0 aliphatic heterocycles. The third-order valence-corrected chi connectivity index (χ3v) is 4.47. The SMILES string of the molecule is C[C@H](Sc1nnc(-c2ccncc2)n1C1CC1)C(=O)NC(N)=O. The molecule has 0 spiro atoms. The number of thioether (sulfide) groups is 1. The van der Waals surface area contributed by atoms with Gasteiger partial charge in [-0.3, -0.25) is 19.7 Å². The summed E-state index contributed by atoms with van der Waals surface area (Å²) in [7, 11) is 0. The number of amides is 3. The van der Waals surface area contributed by atoms with E-state index in [4.69, 9.17) is 5.73 Å². The Morgan fingerprint density at radius 2 is 2.04 bits per heavy atom. The second-order valence-corrected chi connectivity index (χ2v) is 6.56. The van der Waals surface area contributed by atoms with E-state index in [2.05, 4.69) is 20.5 Å². The zero-order valence-corrected chi connectivity index (χ0v) is 13.3. The lowest BCUT2D eigenvalue weighted by Gasteiger charge is -2.12. The molecule has 3 rings (SSSR count). The molecule has 120 valence electrons. The van der Waals surface area contributed by atoms with E-state index in [1.807, 2.05) is 16.7 Å². The lowest BCUT2D eigenvalue weighted by atomic mass is 10.2. The summed E-state index contributed by atoms with van der Waals surface area (Å²) >= 11 is 1.26. The van der Waals surface area contributed by atoms with Crippen LogP contribution in [0, 0.1) is 0 Å². The van der Waals surface area contributed by atoms with E-state index >= 15 is 0 Å². The first-order valence-corrected chi connectivity index (χ1v) is 8.06. The third-order valence-electron chi connectivity index (χ3n) is 3.41. The molecule has 1 aliphatic rings. The molecule has 0 unspecified atom stereocenters. The molecule has 1 saturated carbocycles. The van der Waals surface area contributed by atoms with E-state index in [9.17, 15) is 9.59 Å². The van der Waals surface area contributed by atoms with Gasteiger partial charge in [-0.15, -0.1) is 10.2 Å². The minimum absolute atomic E-state index is 0.349. The van der Waals surface area contributed by atoms with Crippen molar-refractivity contribution in [2.45, 2.75) is 36.2 Å². The zero-order valence-electron chi connectivity index (χ0n) is 12.5. The molecule has 0 aromatic carbocycles. The number of hydrogen-bond acceptors (Lipinski definition) is 6. The van der Waals surface area contributed by atoms with Crippen LogP contribution in [0.3, 0.4) is 0 Å². The summed E-state index contributed by atoms with van der Waals surface area (Å²) in [5, 5.41) is 10.7. The van der Waals surface area contributed by atoms with Crippen LogP contribution in [0.4, 0.5) is 4.79 Å². The van der Waals surface area contributed by atoms with Crippen molar-refractivity contribution in [3.8, 4) is 11.4 Å². The highest BCUT2D eigenvalue weighted by molar-refractivity contribution is 8.00. The lowest BCUT2D eigenvalue weighted by Crippen LogP contribution is -2.39. The molecule has 3 amide bonds. The molecule has 2 heterocycles. The maximum absolute atomic E-state index is 11.8. The van der Waals surface area contributed by atoms with Crippen LogP contribution in [-0.4, -0.2) is 36.9 Å². The van der Waals surface area contributed by atoms with E-state index in [1.165, 1.54) is 11.8 Å². The van der Waals surface area contributed by atoms with Crippen LogP contribution >= 0.6 is 11.8 Å². The van der Waals surface area contributed by atoms with Crippen molar-refractivity contribution in [3.05, 3.63) is 24.5 Å². The molecule has 9 heteroatoms. The minimum atomic E-state index is -0.858. The normalized spacial score (nSPS) is 15.2. The van der Waals surface area contributed by atoms with Gasteiger partial charge in [0.25, 0.3) is 0 Å². The smallest absolute Gasteiger partial charge is 0.318 e. The van der Waals surface area contributed by atoms with Crippen molar-refractivity contribution in [2.75, 3.05) is 0 Å². The van der Waals surface area contributed by atoms with Crippen LogP contribution in [-0.2, 0) is 4.79 Å². The van der Waals surface area contributed by atoms with Crippen LogP contribution < -0.4 is 11.1 Å². The van der Waals surface area contributed by atoms with Crippen molar-refractivity contribution in [3.63, 3.8) is 0 Å². The van der Waals surface area contributed by atoms with Crippen LogP contribution in [0.2, 0.25) is 0 Å². The fourth-order valence-electron chi connectivity index (χ4n) is 2.15. The molecule has 23 heavy (non-hydrogen) atoms. The second-order valence-electron chi connectivity index (χ2n) is 5.26. The van der Waals surface area contributed by atoms with Crippen LogP contribution in [0.5, 0.6) is 0 Å². The van der Waals surface area contributed by atoms with Crippen molar-refractivity contribution < 1.29 is 9.59 Å². The number of hydrogen-bond donors (Lipinski definition) is 2.